The van der Waals surface area contributed by atoms with E-state index in [0.29, 0.717) is 0 Å². The first-order valence-corrected chi connectivity index (χ1v) is 7.39. The van der Waals surface area contributed by atoms with Gasteiger partial charge in [0.1, 0.15) is 0 Å². The molecule has 0 spiro atoms. The smallest absolute Gasteiger partial charge is 0.0710 e. The first-order chi connectivity index (χ1) is 10.8. The van der Waals surface area contributed by atoms with E-state index >= 15 is 0 Å². The predicted molar refractivity (Wildman–Crippen MR) is 94.9 cm³/mol. The van der Waals surface area contributed by atoms with Crippen molar-refractivity contribution in [3.63, 3.8) is 0 Å². The molecule has 0 saturated carbocycles. The van der Waals surface area contributed by atoms with Crippen molar-refractivity contribution in [2.45, 2.75) is 13.0 Å². The van der Waals surface area contributed by atoms with Gasteiger partial charge in [-0.2, -0.15) is 0 Å². The molecule has 1 atom stereocenters. The summed E-state index contributed by atoms with van der Waals surface area (Å²) in [6, 6.07) is 10.1. The zero-order chi connectivity index (χ0) is 15.6. The van der Waals surface area contributed by atoms with Crippen LogP contribution in [0.2, 0.25) is 0 Å². The summed E-state index contributed by atoms with van der Waals surface area (Å²) in [5, 5.41) is 0. The van der Waals surface area contributed by atoms with Gasteiger partial charge in [0.05, 0.1) is 6.04 Å². The van der Waals surface area contributed by atoms with E-state index in [-0.39, 0.29) is 6.04 Å². The first kappa shape index (κ1) is 16.0. The summed E-state index contributed by atoms with van der Waals surface area (Å²) in [5.41, 5.74) is 6.35. The van der Waals surface area contributed by atoms with E-state index in [4.69, 9.17) is 5.84 Å². The molecule has 0 heterocycles. The second-order valence-electron chi connectivity index (χ2n) is 5.08. The van der Waals surface area contributed by atoms with E-state index in [0.717, 1.165) is 11.1 Å². The number of rotatable bonds is 3. The standard InChI is InChI=1S/C20H22N2/c1-17-11-5-2-3-6-13-19(16-10-9-12-17)20(22-21)18-14-7-4-8-15-18/h2-16,20,22H,21H2,1H3/b3-2+,5-2?,6-3?,10-9-,11-5+,12-9?,13-6-,16-10?,17-11?,17-12-,19-13?,19-16+. The molecule has 1 aromatic carbocycles. The van der Waals surface area contributed by atoms with Crippen LogP contribution in [0.1, 0.15) is 18.5 Å². The van der Waals surface area contributed by atoms with Crippen molar-refractivity contribution < 1.29 is 0 Å². The molecule has 0 saturated heterocycles. The molecular formula is C20H22N2. The SMILES string of the molecule is CC1=C/C=C\C=C(C(NN)c2ccccc2)/C=C\C=C\C=C\1. The quantitative estimate of drug-likeness (QED) is 0.643. The van der Waals surface area contributed by atoms with Crippen LogP contribution >= 0.6 is 0 Å². The zero-order valence-electron chi connectivity index (χ0n) is 12.8. The molecule has 1 unspecified atom stereocenters. The highest BCUT2D eigenvalue weighted by Crippen LogP contribution is 2.22. The van der Waals surface area contributed by atoms with Crippen LogP contribution in [-0.2, 0) is 0 Å². The third-order valence-corrected chi connectivity index (χ3v) is 3.37. The van der Waals surface area contributed by atoms with Crippen LogP contribution in [0.15, 0.2) is 102 Å². The zero-order valence-corrected chi connectivity index (χ0v) is 12.8. The Labute approximate surface area is 132 Å². The molecule has 0 aromatic heterocycles. The predicted octanol–water partition coefficient (Wildman–Crippen LogP) is 4.30. The van der Waals surface area contributed by atoms with E-state index in [1.54, 1.807) is 0 Å². The summed E-state index contributed by atoms with van der Waals surface area (Å²) in [6.07, 6.45) is 20.5. The van der Waals surface area contributed by atoms with Gasteiger partial charge in [0.2, 0.25) is 0 Å². The summed E-state index contributed by atoms with van der Waals surface area (Å²) in [6.45, 7) is 2.08. The van der Waals surface area contributed by atoms with Crippen molar-refractivity contribution in [2.75, 3.05) is 0 Å². The maximum atomic E-state index is 5.78. The molecule has 0 aliphatic heterocycles. The molecule has 0 amide bonds. The van der Waals surface area contributed by atoms with Crippen molar-refractivity contribution in [1.29, 1.82) is 0 Å². The third kappa shape index (κ3) is 4.85. The lowest BCUT2D eigenvalue weighted by molar-refractivity contribution is 0.636. The van der Waals surface area contributed by atoms with Gasteiger partial charge >= 0.3 is 0 Å². The second kappa shape index (κ2) is 8.78. The van der Waals surface area contributed by atoms with Crippen molar-refractivity contribution >= 4 is 0 Å². The van der Waals surface area contributed by atoms with Crippen LogP contribution in [0.5, 0.6) is 0 Å². The number of nitrogens with one attached hydrogen (secondary N) is 1. The maximum Gasteiger partial charge on any atom is 0.0710 e. The lowest BCUT2D eigenvalue weighted by atomic mass is 9.98. The fraction of sp³-hybridized carbons (Fsp3) is 0.100. The Morgan fingerprint density at radius 1 is 0.818 bits per heavy atom. The number of allylic oxidation sites excluding steroid dienone is 10. The van der Waals surface area contributed by atoms with Crippen molar-refractivity contribution in [3.8, 4) is 0 Å². The van der Waals surface area contributed by atoms with E-state index in [1.807, 2.05) is 54.7 Å². The van der Waals surface area contributed by atoms with Crippen LogP contribution in [-0.4, -0.2) is 0 Å². The summed E-state index contributed by atoms with van der Waals surface area (Å²) in [5.74, 6) is 5.78. The molecule has 1 aromatic rings. The number of nitrogens with two attached hydrogens (primary N) is 1. The number of hydrogen-bond donors (Lipinski definition) is 2. The summed E-state index contributed by atoms with van der Waals surface area (Å²) in [4.78, 5) is 0. The van der Waals surface area contributed by atoms with Gasteiger partial charge < -0.3 is 0 Å². The average molecular weight is 290 g/mol. The van der Waals surface area contributed by atoms with Gasteiger partial charge in [0.25, 0.3) is 0 Å². The molecule has 2 heteroatoms. The molecule has 3 N–H and O–H groups in total. The van der Waals surface area contributed by atoms with Crippen LogP contribution in [0.4, 0.5) is 0 Å². The summed E-state index contributed by atoms with van der Waals surface area (Å²) < 4.78 is 0. The van der Waals surface area contributed by atoms with E-state index in [9.17, 15) is 0 Å². The third-order valence-electron chi connectivity index (χ3n) is 3.37. The van der Waals surface area contributed by atoms with Gasteiger partial charge in [-0.05, 0) is 18.1 Å². The second-order valence-corrected chi connectivity index (χ2v) is 5.08. The van der Waals surface area contributed by atoms with E-state index < -0.39 is 0 Å². The molecule has 0 fully saturated rings. The minimum Gasteiger partial charge on any atom is -0.271 e. The lowest BCUT2D eigenvalue weighted by Crippen LogP contribution is -2.29. The molecule has 2 nitrogen and oxygen atoms in total. The van der Waals surface area contributed by atoms with Gasteiger partial charge in [0.15, 0.2) is 0 Å². The topological polar surface area (TPSA) is 38.0 Å². The Balaban J connectivity index is 2.34. The minimum atomic E-state index is -0.0425. The fourth-order valence-corrected chi connectivity index (χ4v) is 2.21. The van der Waals surface area contributed by atoms with Crippen molar-refractivity contribution in [3.05, 3.63) is 108 Å². The maximum absolute atomic E-state index is 5.78. The largest absolute Gasteiger partial charge is 0.271 e. The number of benzene rings is 1. The van der Waals surface area contributed by atoms with Crippen LogP contribution < -0.4 is 11.3 Å². The first-order valence-electron chi connectivity index (χ1n) is 7.39. The number of hydrogen-bond acceptors (Lipinski definition) is 2. The molecule has 22 heavy (non-hydrogen) atoms. The normalized spacial score (nSPS) is 27.0. The van der Waals surface area contributed by atoms with Crippen LogP contribution in [0.25, 0.3) is 0 Å². The molecule has 0 radical (unpaired) electrons. The van der Waals surface area contributed by atoms with E-state index in [1.165, 1.54) is 5.57 Å². The molecule has 1 aliphatic rings. The van der Waals surface area contributed by atoms with Gasteiger partial charge in [-0.25, -0.2) is 5.43 Å². The van der Waals surface area contributed by atoms with Gasteiger partial charge in [-0.3, -0.25) is 5.84 Å². The highest BCUT2D eigenvalue weighted by atomic mass is 15.2. The molecule has 1 aliphatic carbocycles. The van der Waals surface area contributed by atoms with Gasteiger partial charge in [0, 0.05) is 0 Å². The lowest BCUT2D eigenvalue weighted by Gasteiger charge is -2.17. The highest BCUT2D eigenvalue weighted by molar-refractivity contribution is 5.38. The Hall–Kier alpha value is -2.42. The minimum absolute atomic E-state index is 0.0425. The Morgan fingerprint density at radius 3 is 2.23 bits per heavy atom. The van der Waals surface area contributed by atoms with Crippen molar-refractivity contribution in [2.24, 2.45) is 5.84 Å². The number of hydrazine groups is 1. The Bertz CT molecular complexity index is 644. The summed E-state index contributed by atoms with van der Waals surface area (Å²) >= 11 is 0. The van der Waals surface area contributed by atoms with Gasteiger partial charge in [-0.15, -0.1) is 0 Å². The Morgan fingerprint density at radius 2 is 1.50 bits per heavy atom. The molecule has 112 valence electrons. The average Bonchev–Trinajstić information content (AvgIpc) is 2.54. The van der Waals surface area contributed by atoms with E-state index in [2.05, 4.69) is 48.8 Å². The van der Waals surface area contributed by atoms with Crippen molar-refractivity contribution in [1.82, 2.24) is 5.43 Å². The highest BCUT2D eigenvalue weighted by Gasteiger charge is 2.11. The van der Waals surface area contributed by atoms with Crippen LogP contribution in [0.3, 0.4) is 0 Å². The molecule has 0 bridgehead atoms. The van der Waals surface area contributed by atoms with Crippen LogP contribution in [0, 0.1) is 0 Å². The van der Waals surface area contributed by atoms with Gasteiger partial charge in [-0.1, -0.05) is 96.7 Å². The molecular weight excluding hydrogens is 268 g/mol. The Kier molecular flexibility index (Phi) is 6.37. The monoisotopic (exact) mass is 290 g/mol. The molecule has 2 rings (SSSR count). The fourth-order valence-electron chi connectivity index (χ4n) is 2.21. The summed E-state index contributed by atoms with van der Waals surface area (Å²) in [7, 11) is 0.